The fraction of sp³-hybridized carbons (Fsp3) is 0.467. The lowest BCUT2D eigenvalue weighted by Gasteiger charge is -2.11. The van der Waals surface area contributed by atoms with Gasteiger partial charge in [-0.05, 0) is 51.0 Å². The van der Waals surface area contributed by atoms with E-state index < -0.39 is 0 Å². The molecule has 0 spiro atoms. The van der Waals surface area contributed by atoms with Crippen molar-refractivity contribution in [1.82, 2.24) is 0 Å². The molecule has 1 saturated heterocycles. The maximum absolute atomic E-state index is 11.9. The van der Waals surface area contributed by atoms with E-state index in [-0.39, 0.29) is 24.1 Å². The lowest BCUT2D eigenvalue weighted by atomic mass is 10.2. The molecule has 1 N–H and O–H groups in total. The number of rotatable bonds is 4. The number of ether oxygens (including phenoxy) is 2. The molecule has 5 heteroatoms. The van der Waals surface area contributed by atoms with Gasteiger partial charge in [0.25, 0.3) is 5.91 Å². The first kappa shape index (κ1) is 14.5. The minimum atomic E-state index is -0.364. The van der Waals surface area contributed by atoms with Crippen LogP contribution in [0.5, 0.6) is 0 Å². The first-order chi connectivity index (χ1) is 9.56. The lowest BCUT2D eigenvalue weighted by Crippen LogP contribution is -2.26. The summed E-state index contributed by atoms with van der Waals surface area (Å²) in [6, 6.07) is 6.64. The van der Waals surface area contributed by atoms with E-state index in [1.54, 1.807) is 38.1 Å². The highest BCUT2D eigenvalue weighted by molar-refractivity contribution is 5.95. The lowest BCUT2D eigenvalue weighted by molar-refractivity contribution is -0.124. The molecular formula is C15H19NO4. The Morgan fingerprint density at radius 2 is 2.00 bits per heavy atom. The molecule has 0 saturated carbocycles. The molecule has 0 aliphatic carbocycles. The van der Waals surface area contributed by atoms with Crippen molar-refractivity contribution in [2.45, 2.75) is 38.9 Å². The van der Waals surface area contributed by atoms with Crippen LogP contribution in [0, 0.1) is 0 Å². The second kappa shape index (κ2) is 6.52. The Morgan fingerprint density at radius 3 is 2.55 bits per heavy atom. The number of benzene rings is 1. The predicted molar refractivity (Wildman–Crippen MR) is 74.6 cm³/mol. The number of hydrogen-bond acceptors (Lipinski definition) is 4. The third-order valence-corrected chi connectivity index (χ3v) is 2.95. The normalized spacial score (nSPS) is 18.1. The zero-order chi connectivity index (χ0) is 14.5. The van der Waals surface area contributed by atoms with Crippen LogP contribution in [0.15, 0.2) is 24.3 Å². The van der Waals surface area contributed by atoms with Crippen molar-refractivity contribution in [2.75, 3.05) is 11.9 Å². The number of hydrogen-bond donors (Lipinski definition) is 1. The predicted octanol–water partition coefficient (Wildman–Crippen LogP) is 2.37. The summed E-state index contributed by atoms with van der Waals surface area (Å²) in [7, 11) is 0. The molecule has 0 unspecified atom stereocenters. The van der Waals surface area contributed by atoms with Crippen molar-refractivity contribution in [3.8, 4) is 0 Å². The molecule has 1 aromatic carbocycles. The molecule has 20 heavy (non-hydrogen) atoms. The second-order valence-corrected chi connectivity index (χ2v) is 5.02. The van der Waals surface area contributed by atoms with Gasteiger partial charge in [-0.25, -0.2) is 4.79 Å². The molecule has 1 amide bonds. The van der Waals surface area contributed by atoms with E-state index >= 15 is 0 Å². The molecule has 1 atom stereocenters. The van der Waals surface area contributed by atoms with Gasteiger partial charge in [-0.15, -0.1) is 0 Å². The summed E-state index contributed by atoms with van der Waals surface area (Å²) >= 11 is 0. The number of carbonyl (C=O) groups is 2. The molecule has 1 aliphatic rings. The average molecular weight is 277 g/mol. The van der Waals surface area contributed by atoms with Crippen LogP contribution in [-0.2, 0) is 14.3 Å². The Balaban J connectivity index is 1.94. The zero-order valence-electron chi connectivity index (χ0n) is 11.7. The highest BCUT2D eigenvalue weighted by Crippen LogP contribution is 2.16. The van der Waals surface area contributed by atoms with Gasteiger partial charge in [-0.3, -0.25) is 4.79 Å². The molecule has 0 aromatic heterocycles. The highest BCUT2D eigenvalue weighted by Gasteiger charge is 2.23. The van der Waals surface area contributed by atoms with E-state index in [2.05, 4.69) is 5.32 Å². The van der Waals surface area contributed by atoms with Gasteiger partial charge < -0.3 is 14.8 Å². The smallest absolute Gasteiger partial charge is 0.338 e. The number of carbonyl (C=O) groups excluding carboxylic acids is 2. The minimum absolute atomic E-state index is 0.139. The summed E-state index contributed by atoms with van der Waals surface area (Å²) in [4.78, 5) is 23.5. The van der Waals surface area contributed by atoms with Crippen LogP contribution in [-0.4, -0.2) is 30.7 Å². The summed E-state index contributed by atoms with van der Waals surface area (Å²) in [5, 5.41) is 2.77. The maximum atomic E-state index is 11.9. The average Bonchev–Trinajstić information content (AvgIpc) is 2.92. The monoisotopic (exact) mass is 277 g/mol. The van der Waals surface area contributed by atoms with Crippen LogP contribution in [0.4, 0.5) is 5.69 Å². The van der Waals surface area contributed by atoms with Gasteiger partial charge in [0.15, 0.2) is 0 Å². The van der Waals surface area contributed by atoms with E-state index in [0.29, 0.717) is 17.9 Å². The van der Waals surface area contributed by atoms with Crippen LogP contribution in [0.3, 0.4) is 0 Å². The third-order valence-electron chi connectivity index (χ3n) is 2.95. The fourth-order valence-corrected chi connectivity index (χ4v) is 1.98. The van der Waals surface area contributed by atoms with Crippen molar-refractivity contribution in [2.24, 2.45) is 0 Å². The largest absolute Gasteiger partial charge is 0.459 e. The van der Waals surface area contributed by atoms with Gasteiger partial charge in [0.2, 0.25) is 0 Å². The molecule has 0 radical (unpaired) electrons. The van der Waals surface area contributed by atoms with Gasteiger partial charge in [-0.1, -0.05) is 0 Å². The summed E-state index contributed by atoms with van der Waals surface area (Å²) in [5.41, 5.74) is 1.11. The molecule has 1 fully saturated rings. The van der Waals surface area contributed by atoms with Crippen LogP contribution < -0.4 is 5.32 Å². The Hall–Kier alpha value is -1.88. The summed E-state index contributed by atoms with van der Waals surface area (Å²) in [5.74, 6) is -0.503. The van der Waals surface area contributed by atoms with Crippen LogP contribution in [0.2, 0.25) is 0 Å². The fourth-order valence-electron chi connectivity index (χ4n) is 1.98. The summed E-state index contributed by atoms with van der Waals surface area (Å²) < 4.78 is 10.4. The quantitative estimate of drug-likeness (QED) is 0.858. The number of esters is 1. The number of amides is 1. The molecule has 1 heterocycles. The van der Waals surface area contributed by atoms with E-state index in [1.165, 1.54) is 0 Å². The highest BCUT2D eigenvalue weighted by atomic mass is 16.5. The first-order valence-electron chi connectivity index (χ1n) is 6.80. The zero-order valence-corrected chi connectivity index (χ0v) is 11.7. The van der Waals surface area contributed by atoms with Crippen molar-refractivity contribution in [1.29, 1.82) is 0 Å². The summed E-state index contributed by atoms with van der Waals surface area (Å²) in [6.45, 7) is 4.24. The molecule has 5 nitrogen and oxygen atoms in total. The van der Waals surface area contributed by atoms with Crippen molar-refractivity contribution in [3.63, 3.8) is 0 Å². The van der Waals surface area contributed by atoms with Gasteiger partial charge >= 0.3 is 5.97 Å². The third kappa shape index (κ3) is 3.81. The molecule has 2 rings (SSSR count). The minimum Gasteiger partial charge on any atom is -0.459 e. The second-order valence-electron chi connectivity index (χ2n) is 5.02. The van der Waals surface area contributed by atoms with Gasteiger partial charge in [0.05, 0.1) is 11.7 Å². The Kier molecular flexibility index (Phi) is 4.74. The Bertz CT molecular complexity index is 475. The Morgan fingerprint density at radius 1 is 1.30 bits per heavy atom. The number of anilines is 1. The van der Waals surface area contributed by atoms with Gasteiger partial charge in [-0.2, -0.15) is 0 Å². The van der Waals surface area contributed by atoms with Crippen LogP contribution >= 0.6 is 0 Å². The topological polar surface area (TPSA) is 64.6 Å². The summed E-state index contributed by atoms with van der Waals surface area (Å²) in [6.07, 6.45) is 1.16. The van der Waals surface area contributed by atoms with Crippen molar-refractivity contribution < 1.29 is 19.1 Å². The SMILES string of the molecule is CC(C)OC(=O)c1ccc(NC(=O)[C@H]2CCCO2)cc1. The first-order valence-corrected chi connectivity index (χ1v) is 6.80. The van der Waals surface area contributed by atoms with E-state index in [0.717, 1.165) is 12.8 Å². The van der Waals surface area contributed by atoms with Gasteiger partial charge in [0, 0.05) is 12.3 Å². The molecule has 1 aliphatic heterocycles. The molecule has 0 bridgehead atoms. The van der Waals surface area contributed by atoms with Crippen molar-refractivity contribution in [3.05, 3.63) is 29.8 Å². The number of nitrogens with one attached hydrogen (secondary N) is 1. The van der Waals surface area contributed by atoms with Crippen LogP contribution in [0.25, 0.3) is 0 Å². The van der Waals surface area contributed by atoms with E-state index in [9.17, 15) is 9.59 Å². The Labute approximate surface area is 118 Å². The molecule has 108 valence electrons. The van der Waals surface area contributed by atoms with E-state index in [4.69, 9.17) is 9.47 Å². The molecular weight excluding hydrogens is 258 g/mol. The molecule has 1 aromatic rings. The van der Waals surface area contributed by atoms with Crippen molar-refractivity contribution >= 4 is 17.6 Å². The standard InChI is InChI=1S/C15H19NO4/c1-10(2)20-15(18)11-5-7-12(8-6-11)16-14(17)13-4-3-9-19-13/h5-8,10,13H,3-4,9H2,1-2H3,(H,16,17)/t13-/m1/s1. The van der Waals surface area contributed by atoms with Crippen LogP contribution in [0.1, 0.15) is 37.0 Å². The maximum Gasteiger partial charge on any atom is 0.338 e. The van der Waals surface area contributed by atoms with Gasteiger partial charge in [0.1, 0.15) is 6.10 Å². The van der Waals surface area contributed by atoms with E-state index in [1.807, 2.05) is 0 Å².